The number of fused-ring (bicyclic) bond motifs is 4. The molecule has 0 radical (unpaired) electrons. The van der Waals surface area contributed by atoms with Crippen LogP contribution in [0.5, 0.6) is 0 Å². The zero-order valence-corrected chi connectivity index (χ0v) is 33.2. The molecule has 0 amide bonds. The smallest absolute Gasteiger partial charge is 0.261 e. The van der Waals surface area contributed by atoms with Crippen LogP contribution in [0.2, 0.25) is 0 Å². The highest BCUT2D eigenvalue weighted by molar-refractivity contribution is 9.09. The summed E-state index contributed by atoms with van der Waals surface area (Å²) in [5.41, 5.74) is 4.41. The van der Waals surface area contributed by atoms with Crippen LogP contribution in [-0.4, -0.2) is 71.0 Å². The Kier molecular flexibility index (Phi) is 15.2. The van der Waals surface area contributed by atoms with Crippen LogP contribution >= 0.6 is 15.9 Å². The molecule has 2 unspecified atom stereocenters. The lowest BCUT2D eigenvalue weighted by atomic mass is 10.1. The fourth-order valence-electron chi connectivity index (χ4n) is 6.25. The summed E-state index contributed by atoms with van der Waals surface area (Å²) >= 11 is 3.01. The molecular weight excluding hydrogens is 792 g/mol. The molecule has 58 heavy (non-hydrogen) atoms. The molecule has 292 valence electrons. The summed E-state index contributed by atoms with van der Waals surface area (Å²) in [4.78, 5) is 45.5. The van der Waals surface area contributed by atoms with Gasteiger partial charge in [0.05, 0.1) is 44.8 Å². The van der Waals surface area contributed by atoms with Gasteiger partial charge < -0.3 is 5.32 Å². The minimum absolute atomic E-state index is 0. The highest BCUT2D eigenvalue weighted by atomic mass is 79.9. The molecule has 2 aliphatic heterocycles. The summed E-state index contributed by atoms with van der Waals surface area (Å²) in [6.45, 7) is 7.90. The van der Waals surface area contributed by atoms with Crippen LogP contribution in [0.1, 0.15) is 55.4 Å². The molecule has 0 spiro atoms. The molecule has 2 atom stereocenters. The van der Waals surface area contributed by atoms with Gasteiger partial charge in [-0.3, -0.25) is 23.6 Å². The highest BCUT2D eigenvalue weighted by Gasteiger charge is 2.21. The number of rotatable bonds is 1. The van der Waals surface area contributed by atoms with E-state index >= 15 is 0 Å². The van der Waals surface area contributed by atoms with E-state index in [0.29, 0.717) is 60.1 Å². The minimum Gasteiger partial charge on any atom is -0.315 e. The van der Waals surface area contributed by atoms with Crippen molar-refractivity contribution in [2.45, 2.75) is 58.1 Å². The van der Waals surface area contributed by atoms with Crippen molar-refractivity contribution in [3.63, 3.8) is 0 Å². The number of hydrogen-bond donors (Lipinski definition) is 1. The van der Waals surface area contributed by atoms with Gasteiger partial charge in [0.2, 0.25) is 0 Å². The monoisotopic (exact) mass is 834 g/mol. The van der Waals surface area contributed by atoms with Crippen LogP contribution in [0.3, 0.4) is 0 Å². The van der Waals surface area contributed by atoms with Gasteiger partial charge in [-0.05, 0) is 86.4 Å². The van der Waals surface area contributed by atoms with Crippen LogP contribution < -0.4 is 16.4 Å². The van der Waals surface area contributed by atoms with Gasteiger partial charge in [0.25, 0.3) is 11.1 Å². The molecule has 12 nitrogen and oxygen atoms in total. The van der Waals surface area contributed by atoms with Crippen LogP contribution in [0.4, 0.5) is 0 Å². The third-order valence-corrected chi connectivity index (χ3v) is 9.46. The lowest BCUT2D eigenvalue weighted by Gasteiger charge is -2.21. The first kappa shape index (κ1) is 42.7. The summed E-state index contributed by atoms with van der Waals surface area (Å²) in [5.74, 6) is 13.8. The first-order chi connectivity index (χ1) is 27.7. The van der Waals surface area contributed by atoms with Crippen molar-refractivity contribution in [1.29, 1.82) is 10.5 Å². The number of benzene rings is 2. The molecule has 6 heterocycles. The Hall–Kier alpha value is -6.48. The number of halogens is 1. The molecular formula is C45H43BrN10O2. The van der Waals surface area contributed by atoms with E-state index in [1.165, 1.54) is 0 Å². The zero-order chi connectivity index (χ0) is 40.1. The van der Waals surface area contributed by atoms with Gasteiger partial charge in [-0.15, -0.1) is 0 Å². The Labute approximate surface area is 346 Å². The Balaban J connectivity index is 0.000000197. The molecule has 8 rings (SSSR count). The Morgan fingerprint density at radius 2 is 1.21 bits per heavy atom. The minimum atomic E-state index is -0.173. The number of pyridine rings is 2. The maximum absolute atomic E-state index is 13.0. The van der Waals surface area contributed by atoms with Crippen LogP contribution in [0, 0.1) is 46.3 Å². The van der Waals surface area contributed by atoms with E-state index in [2.05, 4.69) is 65.9 Å². The highest BCUT2D eigenvalue weighted by Crippen LogP contribution is 2.15. The fraction of sp³-hybridized carbons (Fsp3) is 0.289. The van der Waals surface area contributed by atoms with E-state index in [1.54, 1.807) is 34.5 Å². The number of alkyl halides is 1. The van der Waals surface area contributed by atoms with Gasteiger partial charge in [-0.25, -0.2) is 19.9 Å². The van der Waals surface area contributed by atoms with Gasteiger partial charge in [0.1, 0.15) is 23.0 Å². The fourth-order valence-corrected chi connectivity index (χ4v) is 6.25. The van der Waals surface area contributed by atoms with E-state index in [1.807, 2.05) is 79.7 Å². The lowest BCUT2D eigenvalue weighted by molar-refractivity contribution is 0.251. The summed E-state index contributed by atoms with van der Waals surface area (Å²) < 4.78 is 3.52. The number of nitrogens with one attached hydrogen (secondary N) is 1. The normalized spacial score (nSPS) is 14.0. The molecule has 6 aromatic rings. The average molecular weight is 836 g/mol. The van der Waals surface area contributed by atoms with Crippen LogP contribution in [0.25, 0.3) is 21.8 Å². The third kappa shape index (κ3) is 10.9. The summed E-state index contributed by atoms with van der Waals surface area (Å²) in [5, 5.41) is 21.6. The Morgan fingerprint density at radius 3 is 1.71 bits per heavy atom. The second-order valence-corrected chi connectivity index (χ2v) is 14.6. The van der Waals surface area contributed by atoms with Crippen molar-refractivity contribution in [3.05, 3.63) is 140 Å². The molecule has 1 N–H and O–H groups in total. The molecule has 0 saturated carbocycles. The first-order valence-corrected chi connectivity index (χ1v) is 19.5. The van der Waals surface area contributed by atoms with Crippen molar-refractivity contribution in [1.82, 2.24) is 39.3 Å². The molecule has 0 fully saturated rings. The third-order valence-electron chi connectivity index (χ3n) is 9.25. The van der Waals surface area contributed by atoms with Crippen LogP contribution in [0.15, 0.2) is 94.8 Å². The van der Waals surface area contributed by atoms with Crippen molar-refractivity contribution in [3.8, 4) is 35.8 Å². The second-order valence-electron chi connectivity index (χ2n) is 13.2. The number of nitriles is 2. The summed E-state index contributed by atoms with van der Waals surface area (Å²) in [7, 11) is 0. The van der Waals surface area contributed by atoms with E-state index in [9.17, 15) is 14.9 Å². The maximum atomic E-state index is 13.0. The predicted molar refractivity (Wildman–Crippen MR) is 230 cm³/mol. The molecule has 13 heteroatoms. The largest absolute Gasteiger partial charge is 0.315 e. The molecule has 0 saturated heterocycles. The quantitative estimate of drug-likeness (QED) is 0.172. The van der Waals surface area contributed by atoms with E-state index in [4.69, 9.17) is 15.2 Å². The Bertz CT molecular complexity index is 2710. The average Bonchev–Trinajstić information content (AvgIpc) is 3.62. The molecule has 2 aromatic carbocycles. The number of aromatic nitrogens is 6. The first-order valence-electron chi connectivity index (χ1n) is 18.5. The SMILES string of the molecule is C.CC(Br)C#N.CC(C#N)N1CCc2nc3cc(C#Cc4ccccn4)ccc3c(=O)n2CC1.O=c1c2ccc(C#Cc3ccccn3)cc2nc2n1CCNCC2. The molecule has 0 bridgehead atoms. The van der Waals surface area contributed by atoms with Crippen molar-refractivity contribution < 1.29 is 0 Å². The van der Waals surface area contributed by atoms with E-state index in [-0.39, 0.29) is 29.4 Å². The second kappa shape index (κ2) is 20.6. The topological polar surface area (TPSA) is 158 Å². The van der Waals surface area contributed by atoms with Gasteiger partial charge >= 0.3 is 0 Å². The van der Waals surface area contributed by atoms with Crippen molar-refractivity contribution in [2.24, 2.45) is 0 Å². The van der Waals surface area contributed by atoms with Crippen LogP contribution in [-0.2, 0) is 25.9 Å². The zero-order valence-electron chi connectivity index (χ0n) is 31.6. The van der Waals surface area contributed by atoms with Gasteiger partial charge in [0.15, 0.2) is 0 Å². The molecule has 0 aliphatic carbocycles. The lowest BCUT2D eigenvalue weighted by Crippen LogP contribution is -2.35. The molecule has 4 aromatic heterocycles. The van der Waals surface area contributed by atoms with Crippen molar-refractivity contribution >= 4 is 37.7 Å². The van der Waals surface area contributed by atoms with Gasteiger partial charge in [-0.2, -0.15) is 10.5 Å². The predicted octanol–water partition coefficient (Wildman–Crippen LogP) is 5.23. The maximum Gasteiger partial charge on any atom is 0.261 e. The standard InChI is InChI=1S/C22H19N5O.C19H16N4O.C3H4BrN.CH4/c1-16(15-23)26-11-9-21-25-20-14-17(5-7-18-4-2-3-10-24-18)6-8-19(20)22(28)27(21)13-12-26;24-19-16-7-5-14(4-6-15-3-1-2-9-21-15)13-17(16)22-18-8-10-20-11-12-23(18)19;1-3(4)2-5;/h2-4,6,8,10,14,16H,9,11-13H2,1H3;1-3,5,7,9,13,20H,8,10-12H2;3H,1H3;1H4. The molecule has 2 aliphatic rings. The summed E-state index contributed by atoms with van der Waals surface area (Å²) in [6, 6.07) is 26.3. The van der Waals surface area contributed by atoms with Gasteiger partial charge in [-0.1, -0.05) is 47.3 Å². The number of hydrogen-bond acceptors (Lipinski definition) is 10. The Morgan fingerprint density at radius 1 is 0.672 bits per heavy atom. The van der Waals surface area contributed by atoms with E-state index in [0.717, 1.165) is 48.0 Å². The summed E-state index contributed by atoms with van der Waals surface area (Å²) in [6.07, 6.45) is 4.82. The van der Waals surface area contributed by atoms with Crippen molar-refractivity contribution in [2.75, 3.05) is 26.2 Å². The van der Waals surface area contributed by atoms with Gasteiger partial charge in [0, 0.05) is 75.6 Å². The number of nitrogens with zero attached hydrogens (tertiary/aromatic N) is 9. The van der Waals surface area contributed by atoms with E-state index < -0.39 is 0 Å².